The van der Waals surface area contributed by atoms with Crippen molar-refractivity contribution in [1.29, 1.82) is 0 Å². The molecule has 0 atom stereocenters. The fourth-order valence-corrected chi connectivity index (χ4v) is 2.27. The Balaban J connectivity index is 1.80. The largest absolute Gasteiger partial charge is 0.356 e. The molecular weight excluding hydrogens is 234 g/mol. The lowest BCUT2D eigenvalue weighted by Crippen LogP contribution is -2.37. The minimum Gasteiger partial charge on any atom is -0.356 e. The molecular formula is C16H25N3. The first-order chi connectivity index (χ1) is 9.25. The lowest BCUT2D eigenvalue weighted by atomic mass is 9.83. The highest BCUT2D eigenvalue weighted by Crippen LogP contribution is 2.28. The quantitative estimate of drug-likeness (QED) is 0.650. The molecule has 1 fully saturated rings. The van der Waals surface area contributed by atoms with Crippen LogP contribution in [-0.4, -0.2) is 31.5 Å². The van der Waals surface area contributed by atoms with Crippen LogP contribution in [0.3, 0.4) is 0 Å². The number of rotatable bonds is 5. The zero-order valence-electron chi connectivity index (χ0n) is 12.1. The van der Waals surface area contributed by atoms with Crippen LogP contribution in [0.25, 0.3) is 0 Å². The molecule has 104 valence electrons. The molecule has 0 radical (unpaired) electrons. The van der Waals surface area contributed by atoms with Gasteiger partial charge in [-0.1, -0.05) is 49.6 Å². The molecule has 3 heteroatoms. The van der Waals surface area contributed by atoms with Gasteiger partial charge in [0.15, 0.2) is 5.96 Å². The second-order valence-corrected chi connectivity index (χ2v) is 5.53. The topological polar surface area (TPSA) is 27.6 Å². The standard InChI is InChI=1S/C16H25N3/c1-19(2)16(17-12-11-14-9-6-10-14)18-13-15-7-4-3-5-8-15/h3-5,7-8,14H,6,9-13H2,1-2H3,(H,17,18). The maximum Gasteiger partial charge on any atom is 0.193 e. The first kappa shape index (κ1) is 13.9. The van der Waals surface area contributed by atoms with E-state index in [0.717, 1.165) is 25.0 Å². The minimum absolute atomic E-state index is 0.741. The van der Waals surface area contributed by atoms with Gasteiger partial charge in [0.1, 0.15) is 0 Å². The zero-order valence-corrected chi connectivity index (χ0v) is 12.1. The average Bonchev–Trinajstić information content (AvgIpc) is 2.36. The van der Waals surface area contributed by atoms with Crippen LogP contribution in [-0.2, 0) is 6.54 Å². The molecule has 0 amide bonds. The normalized spacial score (nSPS) is 16.0. The van der Waals surface area contributed by atoms with Crippen molar-refractivity contribution in [2.24, 2.45) is 10.9 Å². The smallest absolute Gasteiger partial charge is 0.193 e. The SMILES string of the molecule is CN(C)C(=NCc1ccccc1)NCCC1CCC1. The number of hydrogen-bond donors (Lipinski definition) is 1. The second kappa shape index (κ2) is 7.17. The van der Waals surface area contributed by atoms with E-state index >= 15 is 0 Å². The van der Waals surface area contributed by atoms with Crippen molar-refractivity contribution in [3.05, 3.63) is 35.9 Å². The monoisotopic (exact) mass is 259 g/mol. The summed E-state index contributed by atoms with van der Waals surface area (Å²) in [6, 6.07) is 10.4. The molecule has 0 saturated heterocycles. The Morgan fingerprint density at radius 1 is 1.26 bits per heavy atom. The van der Waals surface area contributed by atoms with Gasteiger partial charge in [0.25, 0.3) is 0 Å². The lowest BCUT2D eigenvalue weighted by Gasteiger charge is -2.26. The Morgan fingerprint density at radius 2 is 2.00 bits per heavy atom. The van der Waals surface area contributed by atoms with Crippen LogP contribution in [0.1, 0.15) is 31.2 Å². The molecule has 0 spiro atoms. The number of guanidine groups is 1. The van der Waals surface area contributed by atoms with Gasteiger partial charge in [-0.15, -0.1) is 0 Å². The third-order valence-electron chi connectivity index (χ3n) is 3.74. The second-order valence-electron chi connectivity index (χ2n) is 5.53. The summed E-state index contributed by atoms with van der Waals surface area (Å²) in [7, 11) is 4.08. The van der Waals surface area contributed by atoms with Gasteiger partial charge in [0.05, 0.1) is 6.54 Å². The summed E-state index contributed by atoms with van der Waals surface area (Å²) in [6.07, 6.45) is 5.53. The van der Waals surface area contributed by atoms with Crippen molar-refractivity contribution in [2.75, 3.05) is 20.6 Å². The summed E-state index contributed by atoms with van der Waals surface area (Å²) in [4.78, 5) is 6.72. The summed E-state index contributed by atoms with van der Waals surface area (Å²) in [5, 5.41) is 3.46. The van der Waals surface area contributed by atoms with Gasteiger partial charge in [0, 0.05) is 20.6 Å². The van der Waals surface area contributed by atoms with E-state index in [1.165, 1.54) is 31.2 Å². The van der Waals surface area contributed by atoms with Gasteiger partial charge >= 0.3 is 0 Å². The Kier molecular flexibility index (Phi) is 5.25. The highest BCUT2D eigenvalue weighted by molar-refractivity contribution is 5.79. The summed E-state index contributed by atoms with van der Waals surface area (Å²) in [5.41, 5.74) is 1.25. The van der Waals surface area contributed by atoms with E-state index in [1.807, 2.05) is 20.2 Å². The molecule has 1 aliphatic rings. The van der Waals surface area contributed by atoms with Crippen LogP contribution in [0.5, 0.6) is 0 Å². The Labute approximate surface area is 116 Å². The third kappa shape index (κ3) is 4.58. The van der Waals surface area contributed by atoms with Crippen LogP contribution in [0.2, 0.25) is 0 Å². The molecule has 1 saturated carbocycles. The summed E-state index contributed by atoms with van der Waals surface area (Å²) >= 11 is 0. The van der Waals surface area contributed by atoms with Gasteiger partial charge in [-0.3, -0.25) is 0 Å². The molecule has 19 heavy (non-hydrogen) atoms. The average molecular weight is 259 g/mol. The summed E-state index contributed by atoms with van der Waals surface area (Å²) in [5.74, 6) is 1.94. The molecule has 1 aliphatic carbocycles. The molecule has 0 heterocycles. The number of benzene rings is 1. The van der Waals surface area contributed by atoms with E-state index in [9.17, 15) is 0 Å². The molecule has 3 nitrogen and oxygen atoms in total. The van der Waals surface area contributed by atoms with Crippen molar-refractivity contribution in [2.45, 2.75) is 32.2 Å². The Hall–Kier alpha value is -1.51. The number of nitrogens with zero attached hydrogens (tertiary/aromatic N) is 2. The van der Waals surface area contributed by atoms with E-state index in [2.05, 4.69) is 39.5 Å². The van der Waals surface area contributed by atoms with Crippen LogP contribution in [0.4, 0.5) is 0 Å². The molecule has 1 aromatic carbocycles. The van der Waals surface area contributed by atoms with Gasteiger partial charge < -0.3 is 10.2 Å². The van der Waals surface area contributed by atoms with Crippen molar-refractivity contribution < 1.29 is 0 Å². The van der Waals surface area contributed by atoms with Crippen LogP contribution in [0.15, 0.2) is 35.3 Å². The predicted octanol–water partition coefficient (Wildman–Crippen LogP) is 2.88. The fourth-order valence-electron chi connectivity index (χ4n) is 2.27. The molecule has 1 aromatic rings. The predicted molar refractivity (Wildman–Crippen MR) is 81.2 cm³/mol. The molecule has 0 aliphatic heterocycles. The molecule has 1 N–H and O–H groups in total. The molecule has 2 rings (SSSR count). The third-order valence-corrected chi connectivity index (χ3v) is 3.74. The van der Waals surface area contributed by atoms with E-state index in [-0.39, 0.29) is 0 Å². The van der Waals surface area contributed by atoms with Crippen molar-refractivity contribution >= 4 is 5.96 Å². The van der Waals surface area contributed by atoms with E-state index in [0.29, 0.717) is 0 Å². The van der Waals surface area contributed by atoms with E-state index < -0.39 is 0 Å². The Bertz CT molecular complexity index is 394. The van der Waals surface area contributed by atoms with Crippen molar-refractivity contribution in [3.8, 4) is 0 Å². The highest BCUT2D eigenvalue weighted by Gasteiger charge is 2.16. The van der Waals surface area contributed by atoms with E-state index in [4.69, 9.17) is 0 Å². The number of hydrogen-bond acceptors (Lipinski definition) is 1. The minimum atomic E-state index is 0.741. The maximum absolute atomic E-state index is 4.67. The summed E-state index contributed by atoms with van der Waals surface area (Å²) < 4.78 is 0. The first-order valence-electron chi connectivity index (χ1n) is 7.25. The van der Waals surface area contributed by atoms with Crippen LogP contribution < -0.4 is 5.32 Å². The first-order valence-corrected chi connectivity index (χ1v) is 7.25. The van der Waals surface area contributed by atoms with Gasteiger partial charge in [-0.05, 0) is 17.9 Å². The van der Waals surface area contributed by atoms with Crippen LogP contribution >= 0.6 is 0 Å². The molecule has 0 aromatic heterocycles. The van der Waals surface area contributed by atoms with Crippen LogP contribution in [0, 0.1) is 5.92 Å². The van der Waals surface area contributed by atoms with Crippen molar-refractivity contribution in [3.63, 3.8) is 0 Å². The summed E-state index contributed by atoms with van der Waals surface area (Å²) in [6.45, 7) is 1.78. The lowest BCUT2D eigenvalue weighted by molar-refractivity contribution is 0.296. The zero-order chi connectivity index (χ0) is 13.5. The molecule has 0 bridgehead atoms. The molecule has 0 unspecified atom stereocenters. The van der Waals surface area contributed by atoms with Crippen molar-refractivity contribution in [1.82, 2.24) is 10.2 Å². The fraction of sp³-hybridized carbons (Fsp3) is 0.562. The highest BCUT2D eigenvalue weighted by atomic mass is 15.3. The number of aliphatic imine (C=N–C) groups is 1. The maximum atomic E-state index is 4.67. The van der Waals surface area contributed by atoms with E-state index in [1.54, 1.807) is 0 Å². The van der Waals surface area contributed by atoms with Gasteiger partial charge in [-0.25, -0.2) is 4.99 Å². The van der Waals surface area contributed by atoms with Gasteiger partial charge in [-0.2, -0.15) is 0 Å². The Morgan fingerprint density at radius 3 is 2.58 bits per heavy atom. The number of nitrogens with one attached hydrogen (secondary N) is 1. The van der Waals surface area contributed by atoms with Gasteiger partial charge in [0.2, 0.25) is 0 Å².